The molecule has 2 aliphatic rings. The number of nitrogens with zero attached hydrogens (tertiary/aromatic N) is 3. The number of ether oxygens (including phenoxy) is 3. The summed E-state index contributed by atoms with van der Waals surface area (Å²) in [5.74, 6) is 0.722. The number of unbranched alkanes of at least 4 members (excludes halogenated alkanes) is 1. The summed E-state index contributed by atoms with van der Waals surface area (Å²) in [6, 6.07) is 2.90. The highest BCUT2D eigenvalue weighted by molar-refractivity contribution is 6.74. The van der Waals surface area contributed by atoms with Crippen molar-refractivity contribution in [2.24, 2.45) is 5.92 Å². The lowest BCUT2D eigenvalue weighted by Gasteiger charge is -2.45. The Morgan fingerprint density at radius 3 is 2.49 bits per heavy atom. The molecule has 1 aromatic rings. The molecule has 4 amide bonds. The lowest BCUT2D eigenvalue weighted by atomic mass is 9.81. The SMILES string of the molecule is C=CCOC(=O)Nc1cc(OCCCC)c(OC)cc1C(=O)N1CCC(C2=CN(C)C(=O)N(C)C2C)C[C@H]1CO[Si](C)(C)C(C)(C)C. The Morgan fingerprint density at radius 2 is 1.87 bits per heavy atom. The number of carbonyl (C=O) groups is 3. The molecule has 262 valence electrons. The monoisotopic (exact) mass is 672 g/mol. The van der Waals surface area contributed by atoms with Gasteiger partial charge in [0.25, 0.3) is 5.91 Å². The zero-order valence-corrected chi connectivity index (χ0v) is 31.1. The highest BCUT2D eigenvalue weighted by Gasteiger charge is 2.42. The molecule has 3 atom stereocenters. The van der Waals surface area contributed by atoms with Gasteiger partial charge >= 0.3 is 12.1 Å². The molecule has 2 aliphatic heterocycles. The van der Waals surface area contributed by atoms with Gasteiger partial charge in [-0.1, -0.05) is 46.8 Å². The smallest absolute Gasteiger partial charge is 0.411 e. The highest BCUT2D eigenvalue weighted by atomic mass is 28.4. The quantitative estimate of drug-likeness (QED) is 0.135. The predicted octanol–water partition coefficient (Wildman–Crippen LogP) is 7.12. The van der Waals surface area contributed by atoms with Gasteiger partial charge in [0.2, 0.25) is 0 Å². The standard InChI is InChI=1S/C35H56N4O7Si/c1-12-14-18-44-31-21-29(36-33(41)45-17-13-2)27(20-30(31)43-9)32(40)39-16-15-25(28-22-37(7)34(42)38(8)24(28)3)19-26(39)23-46-47(10,11)35(4,5)6/h13,20-22,24-26H,2,12,14-19,23H2,1,3-11H3,(H,36,41)/t24?,25?,26-/m0/s1. The van der Waals surface area contributed by atoms with E-state index in [1.54, 1.807) is 29.0 Å². The third-order valence-corrected chi connectivity index (χ3v) is 14.3. The zero-order chi connectivity index (χ0) is 35.1. The molecule has 1 aromatic carbocycles. The van der Waals surface area contributed by atoms with Gasteiger partial charge in [-0.25, -0.2) is 9.59 Å². The van der Waals surface area contributed by atoms with Crippen LogP contribution in [-0.4, -0.2) is 101 Å². The van der Waals surface area contributed by atoms with Crippen LogP contribution in [0.5, 0.6) is 11.5 Å². The lowest BCUT2D eigenvalue weighted by Crippen LogP contribution is -2.53. The number of likely N-dealkylation sites (tertiary alicyclic amines) is 1. The van der Waals surface area contributed by atoms with Crippen LogP contribution in [0.3, 0.4) is 0 Å². The summed E-state index contributed by atoms with van der Waals surface area (Å²) >= 11 is 0. The van der Waals surface area contributed by atoms with E-state index in [9.17, 15) is 14.4 Å². The fourth-order valence-electron chi connectivity index (χ4n) is 5.65. The summed E-state index contributed by atoms with van der Waals surface area (Å²) in [7, 11) is 2.98. The summed E-state index contributed by atoms with van der Waals surface area (Å²) in [6.45, 7) is 20.1. The number of methoxy groups -OCH3 is 1. The first-order chi connectivity index (χ1) is 22.1. The number of rotatable bonds is 13. The third-order valence-electron chi connectivity index (χ3n) is 9.76. The number of likely N-dealkylation sites (N-methyl/N-ethyl adjacent to an activating group) is 1. The van der Waals surface area contributed by atoms with Crippen LogP contribution in [0.2, 0.25) is 18.1 Å². The summed E-state index contributed by atoms with van der Waals surface area (Å²) in [5, 5.41) is 2.74. The molecule has 1 N–H and O–H groups in total. The van der Waals surface area contributed by atoms with Crippen LogP contribution in [-0.2, 0) is 9.16 Å². The van der Waals surface area contributed by atoms with Crippen LogP contribution in [0.25, 0.3) is 0 Å². The molecule has 47 heavy (non-hydrogen) atoms. The maximum atomic E-state index is 14.6. The van der Waals surface area contributed by atoms with E-state index in [0.717, 1.165) is 12.8 Å². The Kier molecular flexibility index (Phi) is 13.0. The van der Waals surface area contributed by atoms with E-state index in [0.29, 0.717) is 44.1 Å². The first-order valence-corrected chi connectivity index (χ1v) is 19.5. The van der Waals surface area contributed by atoms with Gasteiger partial charge in [-0.15, -0.1) is 0 Å². The highest BCUT2D eigenvalue weighted by Crippen LogP contribution is 2.40. The number of amides is 4. The van der Waals surface area contributed by atoms with Crippen molar-refractivity contribution in [1.29, 1.82) is 0 Å². The molecule has 0 aromatic heterocycles. The van der Waals surface area contributed by atoms with Crippen molar-refractivity contribution < 1.29 is 33.0 Å². The Hall–Kier alpha value is -3.51. The number of hydrogen-bond acceptors (Lipinski definition) is 7. The number of nitrogens with one attached hydrogen (secondary N) is 1. The van der Waals surface area contributed by atoms with Gasteiger partial charge in [-0.05, 0) is 61.9 Å². The van der Waals surface area contributed by atoms with E-state index >= 15 is 0 Å². The maximum absolute atomic E-state index is 14.6. The minimum Gasteiger partial charge on any atom is -0.493 e. The molecule has 3 rings (SSSR count). The Morgan fingerprint density at radius 1 is 1.17 bits per heavy atom. The van der Waals surface area contributed by atoms with Crippen molar-refractivity contribution in [3.8, 4) is 11.5 Å². The molecule has 0 radical (unpaired) electrons. The van der Waals surface area contributed by atoms with Crippen LogP contribution in [0, 0.1) is 5.92 Å². The molecule has 1 fully saturated rings. The summed E-state index contributed by atoms with van der Waals surface area (Å²) < 4.78 is 23.6. The largest absolute Gasteiger partial charge is 0.493 e. The van der Waals surface area contributed by atoms with Gasteiger partial charge in [0.15, 0.2) is 19.8 Å². The molecule has 0 spiro atoms. The van der Waals surface area contributed by atoms with Gasteiger partial charge in [0.1, 0.15) is 6.61 Å². The molecule has 0 saturated carbocycles. The molecule has 2 heterocycles. The van der Waals surface area contributed by atoms with Crippen molar-refractivity contribution >= 4 is 32.0 Å². The third kappa shape index (κ3) is 9.10. The molecular formula is C35H56N4O7Si. The van der Waals surface area contributed by atoms with E-state index in [2.05, 4.69) is 59.6 Å². The number of anilines is 1. The maximum Gasteiger partial charge on any atom is 0.411 e. The fraction of sp³-hybridized carbons (Fsp3) is 0.629. The molecule has 11 nitrogen and oxygen atoms in total. The summed E-state index contributed by atoms with van der Waals surface area (Å²) in [6.07, 6.45) is 5.91. The predicted molar refractivity (Wildman–Crippen MR) is 188 cm³/mol. The molecule has 1 saturated heterocycles. The van der Waals surface area contributed by atoms with E-state index in [-0.39, 0.29) is 52.8 Å². The van der Waals surface area contributed by atoms with E-state index in [1.807, 2.05) is 18.1 Å². The molecule has 2 unspecified atom stereocenters. The van der Waals surface area contributed by atoms with Gasteiger partial charge in [-0.3, -0.25) is 10.1 Å². The van der Waals surface area contributed by atoms with Crippen molar-refractivity contribution in [1.82, 2.24) is 14.7 Å². The van der Waals surface area contributed by atoms with Crippen molar-refractivity contribution in [2.45, 2.75) is 90.5 Å². The van der Waals surface area contributed by atoms with Gasteiger partial charge in [-0.2, -0.15) is 0 Å². The van der Waals surface area contributed by atoms with Crippen molar-refractivity contribution in [3.63, 3.8) is 0 Å². The average molecular weight is 673 g/mol. The normalized spacial score (nSPS) is 20.5. The Balaban J connectivity index is 2.03. The number of urea groups is 1. The van der Waals surface area contributed by atoms with Crippen LogP contribution >= 0.6 is 0 Å². The molecular weight excluding hydrogens is 616 g/mol. The van der Waals surface area contributed by atoms with Crippen molar-refractivity contribution in [3.05, 3.63) is 42.1 Å². The molecule has 0 bridgehead atoms. The second-order valence-electron chi connectivity index (χ2n) is 14.0. The van der Waals surface area contributed by atoms with Crippen LogP contribution in [0.1, 0.15) is 70.7 Å². The van der Waals surface area contributed by atoms with E-state index < -0.39 is 14.4 Å². The Labute approximate surface area is 282 Å². The van der Waals surface area contributed by atoms with Gasteiger partial charge in [0.05, 0.1) is 43.7 Å². The number of carbonyl (C=O) groups excluding carboxylic acids is 3. The number of piperidine rings is 1. The molecule has 0 aliphatic carbocycles. The fourth-order valence-corrected chi connectivity index (χ4v) is 6.69. The minimum atomic E-state index is -2.15. The van der Waals surface area contributed by atoms with E-state index in [4.69, 9.17) is 18.6 Å². The first kappa shape index (κ1) is 37.9. The topological polar surface area (TPSA) is 110 Å². The van der Waals surface area contributed by atoms with Crippen LogP contribution < -0.4 is 14.8 Å². The second kappa shape index (κ2) is 16.1. The molecule has 12 heteroatoms. The summed E-state index contributed by atoms with van der Waals surface area (Å²) in [5.41, 5.74) is 1.71. The second-order valence-corrected chi connectivity index (χ2v) is 18.8. The number of hydrogen-bond donors (Lipinski definition) is 1. The van der Waals surface area contributed by atoms with Gasteiger partial charge < -0.3 is 33.3 Å². The number of benzene rings is 1. The summed E-state index contributed by atoms with van der Waals surface area (Å²) in [4.78, 5) is 45.2. The first-order valence-electron chi connectivity index (χ1n) is 16.6. The van der Waals surface area contributed by atoms with Crippen LogP contribution in [0.4, 0.5) is 15.3 Å². The lowest BCUT2D eigenvalue weighted by molar-refractivity contribution is 0.0444. The minimum absolute atomic E-state index is 0.00797. The van der Waals surface area contributed by atoms with Crippen molar-refractivity contribution in [2.75, 3.05) is 52.9 Å². The van der Waals surface area contributed by atoms with E-state index in [1.165, 1.54) is 18.8 Å². The zero-order valence-electron chi connectivity index (χ0n) is 30.1. The van der Waals surface area contributed by atoms with Gasteiger partial charge in [0, 0.05) is 32.9 Å². The van der Waals surface area contributed by atoms with Crippen LogP contribution in [0.15, 0.2) is 36.6 Å². The average Bonchev–Trinajstić information content (AvgIpc) is 3.02. The Bertz CT molecular complexity index is 1330.